The summed E-state index contributed by atoms with van der Waals surface area (Å²) in [6.45, 7) is 4.66. The van der Waals surface area contributed by atoms with E-state index in [1.807, 2.05) is 0 Å². The monoisotopic (exact) mass is 143 g/mol. The van der Waals surface area contributed by atoms with Gasteiger partial charge in [-0.2, -0.15) is 0 Å². The van der Waals surface area contributed by atoms with Gasteiger partial charge in [-0.1, -0.05) is 0 Å². The molecule has 0 heterocycles. The molecule has 0 bridgehead atoms. The Morgan fingerprint density at radius 1 is 1.60 bits per heavy atom. The molecule has 0 unspecified atom stereocenters. The molecule has 0 aliphatic rings. The topological polar surface area (TPSA) is 23.9 Å². The summed E-state index contributed by atoms with van der Waals surface area (Å²) >= 11 is 0. The Balaban J connectivity index is 0. The molecule has 0 atom stereocenters. The van der Waals surface area contributed by atoms with Crippen molar-refractivity contribution >= 4 is 6.21 Å². The summed E-state index contributed by atoms with van der Waals surface area (Å²) in [5.74, 6) is 0. The standard InChI is InChI=1S/C3H4N.Y/c1-2-3-4;/h1-4H;/q-1;. The van der Waals surface area contributed by atoms with E-state index in [-0.39, 0.29) is 32.7 Å². The summed E-state index contributed by atoms with van der Waals surface area (Å²) < 4.78 is 0. The van der Waals surface area contributed by atoms with E-state index in [0.717, 1.165) is 6.21 Å². The third-order valence-electron chi connectivity index (χ3n) is 0.0962. The average Bonchev–Trinajstić information content (AvgIpc) is 1.37. The molecule has 0 aromatic carbocycles. The molecule has 1 N–H and O–H groups in total. The minimum Gasteiger partial charge on any atom is -0.403 e. The SMILES string of the molecule is [CH-]=CC=N.[Y]. The Kier molecular flexibility index (Phi) is 16.0. The summed E-state index contributed by atoms with van der Waals surface area (Å²) in [5.41, 5.74) is 0. The van der Waals surface area contributed by atoms with Crippen molar-refractivity contribution in [3.63, 3.8) is 0 Å². The zero-order chi connectivity index (χ0) is 3.41. The van der Waals surface area contributed by atoms with Crippen molar-refractivity contribution < 1.29 is 32.7 Å². The largest absolute Gasteiger partial charge is 0.403 e. The molecule has 0 aromatic rings. The third kappa shape index (κ3) is 12.4. The van der Waals surface area contributed by atoms with Crippen LogP contribution in [0.1, 0.15) is 0 Å². The second-order valence-electron chi connectivity index (χ2n) is 0.359. The van der Waals surface area contributed by atoms with Crippen LogP contribution in [0.3, 0.4) is 0 Å². The molecule has 5 heavy (non-hydrogen) atoms. The van der Waals surface area contributed by atoms with Crippen LogP contribution in [0.15, 0.2) is 6.08 Å². The van der Waals surface area contributed by atoms with Crippen molar-refractivity contribution in [2.24, 2.45) is 0 Å². The predicted octanol–water partition coefficient (Wildman–Crippen LogP) is 0.623. The predicted molar refractivity (Wildman–Crippen MR) is 17.7 cm³/mol. The first-order valence-electron chi connectivity index (χ1n) is 0.955. The van der Waals surface area contributed by atoms with Gasteiger partial charge in [0.1, 0.15) is 0 Å². The number of hydrogen-bond acceptors (Lipinski definition) is 1. The van der Waals surface area contributed by atoms with Gasteiger partial charge in [0.2, 0.25) is 0 Å². The first-order valence-corrected chi connectivity index (χ1v) is 0.955. The molecular formula is C3H4NY-. The van der Waals surface area contributed by atoms with Crippen LogP contribution in [0.4, 0.5) is 0 Å². The second kappa shape index (κ2) is 8.82. The van der Waals surface area contributed by atoms with E-state index in [4.69, 9.17) is 5.41 Å². The Labute approximate surface area is 56.8 Å². The average molecular weight is 143 g/mol. The number of rotatable bonds is 1. The van der Waals surface area contributed by atoms with E-state index in [2.05, 4.69) is 6.58 Å². The Morgan fingerprint density at radius 2 is 1.80 bits per heavy atom. The van der Waals surface area contributed by atoms with Gasteiger partial charge < -0.3 is 5.41 Å². The van der Waals surface area contributed by atoms with Gasteiger partial charge in [-0.15, -0.1) is 6.21 Å². The third-order valence-corrected chi connectivity index (χ3v) is 0.0962. The first kappa shape index (κ1) is 9.10. The van der Waals surface area contributed by atoms with Crippen molar-refractivity contribution in [3.05, 3.63) is 12.7 Å². The van der Waals surface area contributed by atoms with Gasteiger partial charge in [0.05, 0.1) is 0 Å². The molecule has 1 radical (unpaired) electrons. The van der Waals surface area contributed by atoms with Crippen LogP contribution in [0.2, 0.25) is 0 Å². The molecule has 0 aliphatic heterocycles. The smallest absolute Gasteiger partial charge is 0 e. The van der Waals surface area contributed by atoms with Crippen molar-refractivity contribution in [3.8, 4) is 0 Å². The van der Waals surface area contributed by atoms with Crippen LogP contribution in [0.5, 0.6) is 0 Å². The van der Waals surface area contributed by atoms with E-state index >= 15 is 0 Å². The Morgan fingerprint density at radius 3 is 1.80 bits per heavy atom. The van der Waals surface area contributed by atoms with Gasteiger partial charge in [0, 0.05) is 32.7 Å². The second-order valence-corrected chi connectivity index (χ2v) is 0.359. The minimum absolute atomic E-state index is 0. The maximum atomic E-state index is 6.15. The van der Waals surface area contributed by atoms with Crippen molar-refractivity contribution in [2.75, 3.05) is 0 Å². The zero-order valence-electron chi connectivity index (χ0n) is 2.81. The minimum atomic E-state index is 0. The molecule has 0 spiro atoms. The maximum Gasteiger partial charge on any atom is 0 e. The van der Waals surface area contributed by atoms with Gasteiger partial charge in [-0.05, 0) is 0 Å². The van der Waals surface area contributed by atoms with Gasteiger partial charge in [-0.25, -0.2) is 6.08 Å². The Bertz CT molecular complexity index is 27.9. The zero-order valence-corrected chi connectivity index (χ0v) is 5.65. The van der Waals surface area contributed by atoms with Crippen molar-refractivity contribution in [2.45, 2.75) is 0 Å². The summed E-state index contributed by atoms with van der Waals surface area (Å²) in [6, 6.07) is 0. The molecule has 0 amide bonds. The van der Waals surface area contributed by atoms with Gasteiger partial charge in [0.25, 0.3) is 0 Å². The van der Waals surface area contributed by atoms with Gasteiger partial charge in [0.15, 0.2) is 0 Å². The quantitative estimate of drug-likeness (QED) is 0.411. The molecule has 0 rings (SSSR count). The summed E-state index contributed by atoms with van der Waals surface area (Å²) in [6.07, 6.45) is 2.19. The summed E-state index contributed by atoms with van der Waals surface area (Å²) in [4.78, 5) is 0. The first-order chi connectivity index (χ1) is 1.91. The van der Waals surface area contributed by atoms with E-state index < -0.39 is 0 Å². The van der Waals surface area contributed by atoms with Crippen molar-refractivity contribution in [1.82, 2.24) is 0 Å². The summed E-state index contributed by atoms with van der Waals surface area (Å²) in [7, 11) is 0. The molecule has 0 aromatic heterocycles. The fourth-order valence-electron chi connectivity index (χ4n) is 0. The maximum absolute atomic E-state index is 6.15. The van der Waals surface area contributed by atoms with E-state index in [0.29, 0.717) is 0 Å². The molecule has 2 heteroatoms. The van der Waals surface area contributed by atoms with E-state index in [9.17, 15) is 0 Å². The van der Waals surface area contributed by atoms with E-state index in [1.54, 1.807) is 0 Å². The molecule has 0 saturated heterocycles. The van der Waals surface area contributed by atoms with Crippen LogP contribution < -0.4 is 0 Å². The van der Waals surface area contributed by atoms with Crippen LogP contribution in [-0.4, -0.2) is 6.21 Å². The number of hydrogen-bond donors (Lipinski definition) is 1. The van der Waals surface area contributed by atoms with Gasteiger partial charge >= 0.3 is 0 Å². The molecular weight excluding hydrogens is 139 g/mol. The van der Waals surface area contributed by atoms with Crippen LogP contribution >= 0.6 is 0 Å². The van der Waals surface area contributed by atoms with Gasteiger partial charge in [-0.3, -0.25) is 6.58 Å². The molecule has 0 saturated carbocycles. The van der Waals surface area contributed by atoms with Crippen LogP contribution in [0, 0.1) is 12.0 Å². The number of nitrogens with one attached hydrogen (secondary N) is 1. The van der Waals surface area contributed by atoms with Crippen LogP contribution in [0.25, 0.3) is 0 Å². The molecule has 1 nitrogen and oxygen atoms in total. The van der Waals surface area contributed by atoms with E-state index in [1.165, 1.54) is 6.08 Å². The molecule has 0 fully saturated rings. The fraction of sp³-hybridized carbons (Fsp3) is 0. The molecule has 25 valence electrons. The normalized spacial score (nSPS) is 4.00. The molecule has 0 aliphatic carbocycles. The number of allylic oxidation sites excluding steroid dienone is 1. The summed E-state index contributed by atoms with van der Waals surface area (Å²) in [5, 5.41) is 6.15. The Hall–Kier alpha value is 0.514. The van der Waals surface area contributed by atoms with Crippen LogP contribution in [-0.2, 0) is 32.7 Å². The van der Waals surface area contributed by atoms with Crippen molar-refractivity contribution in [1.29, 1.82) is 5.41 Å². The fourth-order valence-corrected chi connectivity index (χ4v) is 0.